The molecule has 1 aliphatic heterocycles. The van der Waals surface area contributed by atoms with Crippen LogP contribution in [0.25, 0.3) is 0 Å². The Kier molecular flexibility index (Phi) is 9.75. The zero-order chi connectivity index (χ0) is 22.4. The van der Waals surface area contributed by atoms with Gasteiger partial charge in [0.15, 0.2) is 17.5 Å². The second kappa shape index (κ2) is 11.8. The van der Waals surface area contributed by atoms with Crippen molar-refractivity contribution in [2.75, 3.05) is 39.8 Å². The standard InChI is InChI=1S/C23H34FN5O2.HI/c1-6-25-22(27-15-21-26-14-20(31-21)23(2,3)4)29-11-9-28(10-12-29)16-17-7-8-19(30-5)18(24)13-17;/h7-8,13-14H,6,9-12,15-16H2,1-5H3,(H,25,27);1H. The number of guanidine groups is 1. The largest absolute Gasteiger partial charge is 0.494 e. The summed E-state index contributed by atoms with van der Waals surface area (Å²) in [5, 5.41) is 3.37. The molecule has 1 aliphatic rings. The van der Waals surface area contributed by atoms with Crippen LogP contribution < -0.4 is 10.1 Å². The number of benzene rings is 1. The first kappa shape index (κ1) is 26.4. The van der Waals surface area contributed by atoms with Gasteiger partial charge in [-0.05, 0) is 24.6 Å². The maximum Gasteiger partial charge on any atom is 0.216 e. The van der Waals surface area contributed by atoms with Gasteiger partial charge in [-0.1, -0.05) is 26.8 Å². The van der Waals surface area contributed by atoms with Gasteiger partial charge in [0, 0.05) is 44.7 Å². The lowest BCUT2D eigenvalue weighted by Crippen LogP contribution is -2.52. The van der Waals surface area contributed by atoms with Crippen LogP contribution in [0.1, 0.15) is 44.9 Å². The predicted molar refractivity (Wildman–Crippen MR) is 135 cm³/mol. The summed E-state index contributed by atoms with van der Waals surface area (Å²) in [7, 11) is 1.48. The van der Waals surface area contributed by atoms with Gasteiger partial charge in [-0.3, -0.25) is 4.90 Å². The summed E-state index contributed by atoms with van der Waals surface area (Å²) in [5.74, 6) is 2.32. The molecule has 0 aliphatic carbocycles. The Bertz CT molecular complexity index is 889. The van der Waals surface area contributed by atoms with Crippen molar-refractivity contribution in [1.82, 2.24) is 20.1 Å². The number of nitrogens with one attached hydrogen (secondary N) is 1. The van der Waals surface area contributed by atoms with Crippen LogP contribution >= 0.6 is 24.0 Å². The van der Waals surface area contributed by atoms with Crippen molar-refractivity contribution in [3.05, 3.63) is 47.4 Å². The predicted octanol–water partition coefficient (Wildman–Crippen LogP) is 4.02. The number of nitrogens with zero attached hydrogens (tertiary/aromatic N) is 4. The molecule has 0 atom stereocenters. The Morgan fingerprint density at radius 2 is 1.97 bits per heavy atom. The fourth-order valence-corrected chi connectivity index (χ4v) is 3.48. The van der Waals surface area contributed by atoms with E-state index < -0.39 is 0 Å². The molecule has 178 valence electrons. The van der Waals surface area contributed by atoms with Crippen molar-refractivity contribution in [1.29, 1.82) is 0 Å². The summed E-state index contributed by atoms with van der Waals surface area (Å²) in [6.45, 7) is 13.7. The van der Waals surface area contributed by atoms with E-state index in [1.54, 1.807) is 18.3 Å². The van der Waals surface area contributed by atoms with Crippen LogP contribution in [0, 0.1) is 5.82 Å². The van der Waals surface area contributed by atoms with Crippen LogP contribution in [0.5, 0.6) is 5.75 Å². The van der Waals surface area contributed by atoms with E-state index >= 15 is 0 Å². The van der Waals surface area contributed by atoms with Crippen LogP contribution in [0.4, 0.5) is 4.39 Å². The molecule has 0 spiro atoms. The van der Waals surface area contributed by atoms with Gasteiger partial charge in [0.25, 0.3) is 0 Å². The molecule has 1 N–H and O–H groups in total. The fraction of sp³-hybridized carbons (Fsp3) is 0.565. The summed E-state index contributed by atoms with van der Waals surface area (Å²) in [4.78, 5) is 13.7. The third kappa shape index (κ3) is 7.06. The Morgan fingerprint density at radius 3 is 2.53 bits per heavy atom. The van der Waals surface area contributed by atoms with Crippen molar-refractivity contribution in [3.8, 4) is 5.75 Å². The minimum atomic E-state index is -0.318. The van der Waals surface area contributed by atoms with Crippen LogP contribution in [0.2, 0.25) is 0 Å². The number of hydrogen-bond donors (Lipinski definition) is 1. The molecule has 3 rings (SSSR count). The quantitative estimate of drug-likeness (QED) is 0.328. The topological polar surface area (TPSA) is 66.1 Å². The van der Waals surface area contributed by atoms with E-state index in [9.17, 15) is 4.39 Å². The van der Waals surface area contributed by atoms with E-state index in [1.807, 2.05) is 6.07 Å². The normalized spacial score (nSPS) is 15.4. The van der Waals surface area contributed by atoms with Gasteiger partial charge in [-0.15, -0.1) is 24.0 Å². The first-order valence-corrected chi connectivity index (χ1v) is 10.8. The van der Waals surface area contributed by atoms with Gasteiger partial charge in [0.2, 0.25) is 5.89 Å². The minimum absolute atomic E-state index is 0. The maximum absolute atomic E-state index is 14.0. The third-order valence-electron chi connectivity index (χ3n) is 5.29. The maximum atomic E-state index is 14.0. The lowest BCUT2D eigenvalue weighted by atomic mass is 9.94. The zero-order valence-corrected chi connectivity index (χ0v) is 22.0. The summed E-state index contributed by atoms with van der Waals surface area (Å²) in [6, 6.07) is 5.16. The number of ether oxygens (including phenoxy) is 1. The average molecular weight is 559 g/mol. The molecule has 0 radical (unpaired) electrons. The van der Waals surface area contributed by atoms with Crippen LogP contribution in [-0.2, 0) is 18.5 Å². The number of aromatic nitrogens is 1. The molecule has 0 saturated carbocycles. The fourth-order valence-electron chi connectivity index (χ4n) is 3.48. The minimum Gasteiger partial charge on any atom is -0.494 e. The lowest BCUT2D eigenvalue weighted by molar-refractivity contribution is 0.172. The number of oxazole rings is 1. The number of rotatable bonds is 6. The second-order valence-corrected chi connectivity index (χ2v) is 8.77. The zero-order valence-electron chi connectivity index (χ0n) is 19.7. The number of hydrogen-bond acceptors (Lipinski definition) is 5. The van der Waals surface area contributed by atoms with Gasteiger partial charge in [-0.25, -0.2) is 14.4 Å². The molecule has 0 unspecified atom stereocenters. The average Bonchev–Trinajstić information content (AvgIpc) is 3.22. The SMILES string of the molecule is CCNC(=NCc1ncc(C(C)(C)C)o1)N1CCN(Cc2ccc(OC)c(F)c2)CC1.I. The smallest absolute Gasteiger partial charge is 0.216 e. The van der Waals surface area contributed by atoms with Gasteiger partial charge in [0.05, 0.1) is 13.3 Å². The van der Waals surface area contributed by atoms with E-state index in [-0.39, 0.29) is 41.0 Å². The molecule has 32 heavy (non-hydrogen) atoms. The molecular formula is C23H35FIN5O2. The van der Waals surface area contributed by atoms with Crippen LogP contribution in [-0.4, -0.2) is 60.6 Å². The highest BCUT2D eigenvalue weighted by atomic mass is 127. The molecule has 2 aromatic rings. The van der Waals surface area contributed by atoms with E-state index in [1.165, 1.54) is 7.11 Å². The Balaban J connectivity index is 0.00000363. The summed E-state index contributed by atoms with van der Waals surface area (Å²) < 4.78 is 24.8. The first-order valence-electron chi connectivity index (χ1n) is 10.8. The molecule has 1 saturated heterocycles. The van der Waals surface area contributed by atoms with Gasteiger partial charge in [0.1, 0.15) is 12.3 Å². The number of methoxy groups -OCH3 is 1. The Morgan fingerprint density at radius 1 is 1.25 bits per heavy atom. The van der Waals surface area contributed by atoms with E-state index in [0.717, 1.165) is 50.0 Å². The molecule has 7 nitrogen and oxygen atoms in total. The second-order valence-electron chi connectivity index (χ2n) is 8.77. The van der Waals surface area contributed by atoms with Crippen molar-refractivity contribution in [3.63, 3.8) is 0 Å². The highest BCUT2D eigenvalue weighted by Gasteiger charge is 2.21. The third-order valence-corrected chi connectivity index (χ3v) is 5.29. The Labute approximate surface area is 207 Å². The van der Waals surface area contributed by atoms with Gasteiger partial charge >= 0.3 is 0 Å². The molecular weight excluding hydrogens is 524 g/mol. The number of aliphatic imine (C=N–C) groups is 1. The van der Waals surface area contributed by atoms with Gasteiger partial charge < -0.3 is 19.4 Å². The number of piperazine rings is 1. The monoisotopic (exact) mass is 559 g/mol. The summed E-state index contributed by atoms with van der Waals surface area (Å²) >= 11 is 0. The van der Waals surface area contributed by atoms with Crippen molar-refractivity contribution < 1.29 is 13.5 Å². The molecule has 0 amide bonds. The molecule has 1 fully saturated rings. The van der Waals surface area contributed by atoms with Crippen molar-refractivity contribution >= 4 is 29.9 Å². The van der Waals surface area contributed by atoms with Crippen molar-refractivity contribution in [2.24, 2.45) is 4.99 Å². The lowest BCUT2D eigenvalue weighted by Gasteiger charge is -2.36. The van der Waals surface area contributed by atoms with Gasteiger partial charge in [-0.2, -0.15) is 0 Å². The van der Waals surface area contributed by atoms with Crippen molar-refractivity contribution in [2.45, 2.75) is 46.2 Å². The number of halogens is 2. The summed E-state index contributed by atoms with van der Waals surface area (Å²) in [6.07, 6.45) is 1.79. The summed E-state index contributed by atoms with van der Waals surface area (Å²) in [5.41, 5.74) is 0.883. The highest BCUT2D eigenvalue weighted by Crippen LogP contribution is 2.23. The molecule has 2 heterocycles. The van der Waals surface area contributed by atoms with E-state index in [4.69, 9.17) is 14.1 Å². The van der Waals surface area contributed by atoms with E-state index in [0.29, 0.717) is 19.0 Å². The molecule has 1 aromatic carbocycles. The molecule has 1 aromatic heterocycles. The molecule has 0 bridgehead atoms. The first-order chi connectivity index (χ1) is 14.8. The Hall–Kier alpha value is -1.88. The van der Waals surface area contributed by atoms with E-state index in [2.05, 4.69) is 47.8 Å². The highest BCUT2D eigenvalue weighted by molar-refractivity contribution is 14.0. The van der Waals surface area contributed by atoms with Crippen LogP contribution in [0.3, 0.4) is 0 Å². The molecule has 9 heteroatoms. The van der Waals surface area contributed by atoms with Crippen LogP contribution in [0.15, 0.2) is 33.8 Å².